The molecule has 4 aromatic carbocycles. The number of ether oxygens (including phenoxy) is 2. The van der Waals surface area contributed by atoms with E-state index >= 15 is 0 Å². The van der Waals surface area contributed by atoms with Crippen LogP contribution in [0.1, 0.15) is 100.0 Å². The van der Waals surface area contributed by atoms with Crippen molar-refractivity contribution in [2.45, 2.75) is 32.1 Å². The molecule has 2 aliphatic rings. The van der Waals surface area contributed by atoms with Crippen LogP contribution in [0.2, 0.25) is 0 Å². The SMILES string of the molecule is C=CCCC1=CC(=O)c2cc(C(=O)Oc3ccc(C(C)(C)c4ccc(OC(=O)c5ccc6c(c5)C(=O)N(CC=C)C6=O)cc4)cc3)ccc2C1=O. The Morgan fingerprint density at radius 3 is 1.71 bits per heavy atom. The van der Waals surface area contributed by atoms with E-state index < -0.39 is 29.2 Å². The number of ketones is 2. The first-order valence-electron chi connectivity index (χ1n) is 16.2. The van der Waals surface area contributed by atoms with Gasteiger partial charge in [-0.25, -0.2) is 9.59 Å². The van der Waals surface area contributed by atoms with E-state index in [4.69, 9.17) is 9.47 Å². The fourth-order valence-electron chi connectivity index (χ4n) is 6.08. The minimum Gasteiger partial charge on any atom is -0.423 e. The number of rotatable bonds is 11. The van der Waals surface area contributed by atoms with Gasteiger partial charge in [-0.05, 0) is 90.7 Å². The lowest BCUT2D eigenvalue weighted by Gasteiger charge is -2.26. The summed E-state index contributed by atoms with van der Waals surface area (Å²) < 4.78 is 11.2. The fraction of sp³-hybridized carbons (Fsp3) is 0.143. The minimum absolute atomic E-state index is 0.0767. The van der Waals surface area contributed by atoms with Gasteiger partial charge in [-0.3, -0.25) is 24.1 Å². The molecule has 1 heterocycles. The molecule has 4 aromatic rings. The molecule has 0 atom stereocenters. The summed E-state index contributed by atoms with van der Waals surface area (Å²) in [4.78, 5) is 77.7. The summed E-state index contributed by atoms with van der Waals surface area (Å²) in [6.45, 7) is 11.4. The highest BCUT2D eigenvalue weighted by molar-refractivity contribution is 6.25. The molecule has 0 bridgehead atoms. The number of carbonyl (C=O) groups is 6. The zero-order valence-corrected chi connectivity index (χ0v) is 28.1. The second-order valence-corrected chi connectivity index (χ2v) is 12.7. The van der Waals surface area contributed by atoms with Gasteiger partial charge in [0.05, 0.1) is 22.3 Å². The smallest absolute Gasteiger partial charge is 0.343 e. The number of imide groups is 1. The van der Waals surface area contributed by atoms with Crippen LogP contribution in [0.25, 0.3) is 0 Å². The Kier molecular flexibility index (Phi) is 9.30. The predicted molar refractivity (Wildman–Crippen MR) is 190 cm³/mol. The van der Waals surface area contributed by atoms with Crippen molar-refractivity contribution in [2.24, 2.45) is 0 Å². The molecular weight excluding hydrogens is 646 g/mol. The number of carbonyl (C=O) groups excluding carboxylic acids is 6. The Morgan fingerprint density at radius 2 is 1.18 bits per heavy atom. The molecule has 9 nitrogen and oxygen atoms in total. The molecule has 51 heavy (non-hydrogen) atoms. The molecule has 0 aromatic heterocycles. The van der Waals surface area contributed by atoms with E-state index in [1.165, 1.54) is 48.6 Å². The van der Waals surface area contributed by atoms with Crippen LogP contribution in [-0.2, 0) is 5.41 Å². The number of amides is 2. The van der Waals surface area contributed by atoms with E-state index in [0.717, 1.165) is 16.0 Å². The molecule has 6 rings (SSSR count). The summed E-state index contributed by atoms with van der Waals surface area (Å²) in [6.07, 6.45) is 5.48. The van der Waals surface area contributed by atoms with Crippen molar-refractivity contribution in [3.63, 3.8) is 0 Å². The lowest BCUT2D eigenvalue weighted by atomic mass is 9.78. The molecule has 0 radical (unpaired) electrons. The summed E-state index contributed by atoms with van der Waals surface area (Å²) >= 11 is 0. The number of hydrogen-bond acceptors (Lipinski definition) is 8. The van der Waals surface area contributed by atoms with Crippen LogP contribution < -0.4 is 9.47 Å². The van der Waals surface area contributed by atoms with Gasteiger partial charge in [0.2, 0.25) is 0 Å². The van der Waals surface area contributed by atoms with Crippen LogP contribution in [-0.4, -0.2) is 46.8 Å². The predicted octanol–water partition coefficient (Wildman–Crippen LogP) is 7.50. The first-order chi connectivity index (χ1) is 24.4. The lowest BCUT2D eigenvalue weighted by Crippen LogP contribution is -2.29. The van der Waals surface area contributed by atoms with Crippen molar-refractivity contribution >= 4 is 35.3 Å². The van der Waals surface area contributed by atoms with Crippen LogP contribution in [0, 0.1) is 0 Å². The number of nitrogens with zero attached hydrogens (tertiary/aromatic N) is 1. The van der Waals surface area contributed by atoms with Crippen LogP contribution >= 0.6 is 0 Å². The number of hydrogen-bond donors (Lipinski definition) is 0. The van der Waals surface area contributed by atoms with Crippen molar-refractivity contribution < 1.29 is 38.2 Å². The first kappa shape index (κ1) is 34.4. The van der Waals surface area contributed by atoms with Gasteiger partial charge < -0.3 is 9.47 Å². The average Bonchev–Trinajstić information content (AvgIpc) is 3.37. The molecule has 0 unspecified atom stereocenters. The first-order valence-corrected chi connectivity index (χ1v) is 16.2. The van der Waals surface area contributed by atoms with Crippen LogP contribution in [0.4, 0.5) is 0 Å². The molecule has 1 aliphatic heterocycles. The van der Waals surface area contributed by atoms with Crippen LogP contribution in [0.15, 0.2) is 122 Å². The third-order valence-electron chi connectivity index (χ3n) is 9.07. The van der Waals surface area contributed by atoms with E-state index in [2.05, 4.69) is 13.2 Å². The molecule has 9 heteroatoms. The highest BCUT2D eigenvalue weighted by Crippen LogP contribution is 2.34. The Labute approximate surface area is 294 Å². The summed E-state index contributed by atoms with van der Waals surface area (Å²) in [5, 5.41) is 0. The lowest BCUT2D eigenvalue weighted by molar-refractivity contribution is 0.0668. The van der Waals surface area contributed by atoms with Gasteiger partial charge in [0.15, 0.2) is 11.6 Å². The van der Waals surface area contributed by atoms with Gasteiger partial charge >= 0.3 is 11.9 Å². The third kappa shape index (κ3) is 6.61. The van der Waals surface area contributed by atoms with Gasteiger partial charge in [-0.1, -0.05) is 50.3 Å². The van der Waals surface area contributed by atoms with E-state index in [0.29, 0.717) is 29.9 Å². The standard InChI is InChI=1S/C42H33NO8/c1-5-7-8-25-24-36(44)34-22-26(9-19-32(34)37(25)45)40(48)50-30-15-11-28(12-16-30)42(3,4)29-13-17-31(18-14-29)51-41(49)27-10-20-33-35(23-27)39(47)43(21-6-2)38(33)46/h5-6,9-20,22-24H,1-2,7-8,21H2,3-4H3. The van der Waals surface area contributed by atoms with E-state index in [1.807, 2.05) is 38.1 Å². The van der Waals surface area contributed by atoms with Gasteiger partial charge in [0, 0.05) is 28.7 Å². The summed E-state index contributed by atoms with van der Waals surface area (Å²) in [7, 11) is 0. The largest absolute Gasteiger partial charge is 0.423 e. The number of benzene rings is 4. The Balaban J connectivity index is 1.10. The van der Waals surface area contributed by atoms with Crippen molar-refractivity contribution in [1.29, 1.82) is 0 Å². The number of fused-ring (bicyclic) bond motifs is 2. The molecule has 254 valence electrons. The van der Waals surface area contributed by atoms with Gasteiger partial charge in [-0.2, -0.15) is 0 Å². The van der Waals surface area contributed by atoms with E-state index in [1.54, 1.807) is 30.3 Å². The topological polar surface area (TPSA) is 124 Å². The molecule has 0 saturated carbocycles. The second kappa shape index (κ2) is 13.8. The maximum atomic E-state index is 13.0. The second-order valence-electron chi connectivity index (χ2n) is 12.7. The number of allylic oxidation sites excluding steroid dienone is 3. The third-order valence-corrected chi connectivity index (χ3v) is 9.07. The Hall–Kier alpha value is -6.48. The van der Waals surface area contributed by atoms with E-state index in [9.17, 15) is 28.8 Å². The zero-order chi connectivity index (χ0) is 36.4. The van der Waals surface area contributed by atoms with Gasteiger partial charge in [0.25, 0.3) is 11.8 Å². The monoisotopic (exact) mass is 679 g/mol. The number of esters is 2. The fourth-order valence-corrected chi connectivity index (χ4v) is 6.08. The molecule has 2 amide bonds. The summed E-state index contributed by atoms with van der Waals surface area (Å²) in [5.41, 5.74) is 2.89. The normalized spacial score (nSPS) is 13.7. The Morgan fingerprint density at radius 1 is 0.667 bits per heavy atom. The molecule has 1 aliphatic carbocycles. The summed E-state index contributed by atoms with van der Waals surface area (Å²) in [5.74, 6) is -2.20. The molecule has 0 fully saturated rings. The van der Waals surface area contributed by atoms with Crippen molar-refractivity contribution in [3.8, 4) is 11.5 Å². The van der Waals surface area contributed by atoms with Crippen molar-refractivity contribution in [1.82, 2.24) is 4.90 Å². The Bertz CT molecular complexity index is 2190. The molecular formula is C42H33NO8. The molecule has 0 N–H and O–H groups in total. The maximum absolute atomic E-state index is 13.0. The van der Waals surface area contributed by atoms with Gasteiger partial charge in [-0.15, -0.1) is 13.2 Å². The van der Waals surface area contributed by atoms with E-state index in [-0.39, 0.29) is 51.5 Å². The minimum atomic E-state index is -0.668. The van der Waals surface area contributed by atoms with Crippen LogP contribution in [0.3, 0.4) is 0 Å². The van der Waals surface area contributed by atoms with Gasteiger partial charge in [0.1, 0.15) is 11.5 Å². The highest BCUT2D eigenvalue weighted by Gasteiger charge is 2.35. The molecule has 0 spiro atoms. The average molecular weight is 680 g/mol. The van der Waals surface area contributed by atoms with Crippen molar-refractivity contribution in [3.05, 3.63) is 166 Å². The quantitative estimate of drug-likeness (QED) is 0.0691. The highest BCUT2D eigenvalue weighted by atomic mass is 16.5. The zero-order valence-electron chi connectivity index (χ0n) is 28.1. The molecule has 0 saturated heterocycles. The number of Topliss-reactive ketones (excluding diaryl/α,β-unsaturated/α-hetero) is 1. The summed E-state index contributed by atoms with van der Waals surface area (Å²) in [6, 6.07) is 22.7. The maximum Gasteiger partial charge on any atom is 0.343 e. The van der Waals surface area contributed by atoms with Crippen LogP contribution in [0.5, 0.6) is 11.5 Å². The van der Waals surface area contributed by atoms with Crippen molar-refractivity contribution in [2.75, 3.05) is 6.54 Å².